The van der Waals surface area contributed by atoms with Crippen LogP contribution >= 0.6 is 12.6 Å². The molecule has 0 aliphatic carbocycles. The summed E-state index contributed by atoms with van der Waals surface area (Å²) < 4.78 is 0. The average molecular weight is 147 g/mol. The average Bonchev–Trinajstić information content (AvgIpc) is 1.87. The van der Waals surface area contributed by atoms with E-state index in [-0.39, 0.29) is 5.91 Å². The van der Waals surface area contributed by atoms with Gasteiger partial charge < -0.3 is 4.90 Å². The maximum Gasteiger partial charge on any atom is 0.232 e. The summed E-state index contributed by atoms with van der Waals surface area (Å²) in [6.45, 7) is 2.88. The van der Waals surface area contributed by atoms with Crippen LogP contribution in [0.5, 0.6) is 0 Å². The first kappa shape index (κ1) is 8.82. The van der Waals surface area contributed by atoms with Gasteiger partial charge in [-0.25, -0.2) is 0 Å². The molecule has 0 saturated carbocycles. The first-order chi connectivity index (χ1) is 4.22. The normalized spacial score (nSPS) is 9.22. The van der Waals surface area contributed by atoms with Gasteiger partial charge in [-0.05, 0) is 6.42 Å². The molecule has 54 valence electrons. The third kappa shape index (κ3) is 3.40. The summed E-state index contributed by atoms with van der Waals surface area (Å²) in [6.07, 6.45) is 1.01. The number of hydrogen-bond acceptors (Lipinski definition) is 2. The predicted octanol–water partition coefficient (Wildman–Crippen LogP) is 0.785. The molecule has 0 atom stereocenters. The summed E-state index contributed by atoms with van der Waals surface area (Å²) in [7, 11) is 1.79. The van der Waals surface area contributed by atoms with E-state index in [0.717, 1.165) is 13.0 Å². The zero-order chi connectivity index (χ0) is 7.28. The van der Waals surface area contributed by atoms with Crippen LogP contribution in [0.15, 0.2) is 0 Å². The lowest BCUT2D eigenvalue weighted by molar-refractivity contribution is -0.127. The number of carbonyl (C=O) groups is 1. The van der Waals surface area contributed by atoms with Crippen LogP contribution < -0.4 is 0 Å². The van der Waals surface area contributed by atoms with Crippen LogP contribution in [0.4, 0.5) is 0 Å². The highest BCUT2D eigenvalue weighted by atomic mass is 32.1. The van der Waals surface area contributed by atoms with Crippen molar-refractivity contribution in [3.8, 4) is 0 Å². The van der Waals surface area contributed by atoms with E-state index < -0.39 is 0 Å². The number of carbonyl (C=O) groups excluding carboxylic acids is 1. The van der Waals surface area contributed by atoms with E-state index in [9.17, 15) is 4.79 Å². The topological polar surface area (TPSA) is 20.3 Å². The maximum absolute atomic E-state index is 10.8. The van der Waals surface area contributed by atoms with Crippen LogP contribution in [0.2, 0.25) is 0 Å². The van der Waals surface area contributed by atoms with Crippen molar-refractivity contribution in [2.45, 2.75) is 13.3 Å². The first-order valence-electron chi connectivity index (χ1n) is 3.07. The zero-order valence-corrected chi connectivity index (χ0v) is 6.82. The van der Waals surface area contributed by atoms with Crippen molar-refractivity contribution in [1.29, 1.82) is 0 Å². The summed E-state index contributed by atoms with van der Waals surface area (Å²) >= 11 is 3.86. The molecule has 3 heteroatoms. The van der Waals surface area contributed by atoms with Gasteiger partial charge in [-0.2, -0.15) is 12.6 Å². The Kier molecular flexibility index (Phi) is 4.58. The Morgan fingerprint density at radius 2 is 2.22 bits per heavy atom. The van der Waals surface area contributed by atoms with Crippen LogP contribution in [0.25, 0.3) is 0 Å². The van der Waals surface area contributed by atoms with E-state index >= 15 is 0 Å². The lowest BCUT2D eigenvalue weighted by atomic mass is 10.4. The minimum atomic E-state index is 0.0974. The Balaban J connectivity index is 3.45. The minimum absolute atomic E-state index is 0.0974. The zero-order valence-electron chi connectivity index (χ0n) is 5.92. The Morgan fingerprint density at radius 3 is 2.56 bits per heavy atom. The van der Waals surface area contributed by atoms with Crippen molar-refractivity contribution >= 4 is 18.5 Å². The Hall–Kier alpha value is -0.180. The second kappa shape index (κ2) is 4.68. The number of amides is 1. The highest BCUT2D eigenvalue weighted by Gasteiger charge is 2.02. The third-order valence-corrected chi connectivity index (χ3v) is 1.39. The molecule has 0 heterocycles. The van der Waals surface area contributed by atoms with Crippen molar-refractivity contribution in [3.63, 3.8) is 0 Å². The monoisotopic (exact) mass is 147 g/mol. The summed E-state index contributed by atoms with van der Waals surface area (Å²) in [4.78, 5) is 12.4. The fourth-order valence-electron chi connectivity index (χ4n) is 0.581. The molecule has 0 aromatic rings. The molecule has 1 amide bonds. The van der Waals surface area contributed by atoms with Crippen LogP contribution in [-0.2, 0) is 4.79 Å². The van der Waals surface area contributed by atoms with Crippen molar-refractivity contribution in [1.82, 2.24) is 4.90 Å². The highest BCUT2D eigenvalue weighted by Crippen LogP contribution is 1.88. The lowest BCUT2D eigenvalue weighted by Crippen LogP contribution is -2.28. The molecule has 0 aliphatic rings. The van der Waals surface area contributed by atoms with Gasteiger partial charge in [-0.3, -0.25) is 4.79 Å². The Labute approximate surface area is 61.6 Å². The van der Waals surface area contributed by atoms with Crippen LogP contribution in [-0.4, -0.2) is 30.2 Å². The summed E-state index contributed by atoms with van der Waals surface area (Å²) in [5, 5.41) is 0. The molecule has 9 heavy (non-hydrogen) atoms. The van der Waals surface area contributed by atoms with Gasteiger partial charge in [0.15, 0.2) is 0 Å². The maximum atomic E-state index is 10.8. The summed E-state index contributed by atoms with van der Waals surface area (Å²) in [5.74, 6) is 0.413. The molecule has 0 radical (unpaired) electrons. The molecular formula is C6H13NOS. The molecule has 2 nitrogen and oxygen atoms in total. The predicted molar refractivity (Wildman–Crippen MR) is 41.8 cm³/mol. The third-order valence-electron chi connectivity index (χ3n) is 1.12. The van der Waals surface area contributed by atoms with Gasteiger partial charge in [0.1, 0.15) is 0 Å². The van der Waals surface area contributed by atoms with Gasteiger partial charge in [-0.15, -0.1) is 0 Å². The fourth-order valence-corrected chi connectivity index (χ4v) is 0.822. The quantitative estimate of drug-likeness (QED) is 0.585. The Morgan fingerprint density at radius 1 is 1.67 bits per heavy atom. The number of rotatable bonds is 3. The summed E-state index contributed by atoms with van der Waals surface area (Å²) in [5.41, 5.74) is 0. The minimum Gasteiger partial charge on any atom is -0.345 e. The smallest absolute Gasteiger partial charge is 0.232 e. The SMILES string of the molecule is CCCN(C)C(=O)CS. The van der Waals surface area contributed by atoms with Crippen molar-refractivity contribution in [2.75, 3.05) is 19.3 Å². The van der Waals surface area contributed by atoms with Gasteiger partial charge in [0.25, 0.3) is 0 Å². The molecule has 0 aromatic carbocycles. The van der Waals surface area contributed by atoms with Gasteiger partial charge in [0.2, 0.25) is 5.91 Å². The Bertz CT molecular complexity index is 95.1. The van der Waals surface area contributed by atoms with E-state index in [0.29, 0.717) is 5.75 Å². The lowest BCUT2D eigenvalue weighted by Gasteiger charge is -2.13. The van der Waals surface area contributed by atoms with E-state index in [1.165, 1.54) is 0 Å². The first-order valence-corrected chi connectivity index (χ1v) is 3.70. The molecule has 0 fully saturated rings. The van der Waals surface area contributed by atoms with Crippen LogP contribution in [0.3, 0.4) is 0 Å². The van der Waals surface area contributed by atoms with Crippen LogP contribution in [0.1, 0.15) is 13.3 Å². The van der Waals surface area contributed by atoms with Crippen molar-refractivity contribution in [3.05, 3.63) is 0 Å². The number of hydrogen-bond donors (Lipinski definition) is 1. The molecule has 0 N–H and O–H groups in total. The largest absolute Gasteiger partial charge is 0.345 e. The van der Waals surface area contributed by atoms with E-state index in [2.05, 4.69) is 12.6 Å². The highest BCUT2D eigenvalue weighted by molar-refractivity contribution is 7.81. The molecule has 0 bridgehead atoms. The molecule has 0 spiro atoms. The second-order valence-electron chi connectivity index (χ2n) is 1.97. The number of thiol groups is 1. The molecule has 0 rings (SSSR count). The summed E-state index contributed by atoms with van der Waals surface area (Å²) in [6, 6.07) is 0. The van der Waals surface area contributed by atoms with E-state index in [1.54, 1.807) is 11.9 Å². The molecule has 0 aliphatic heterocycles. The van der Waals surface area contributed by atoms with Gasteiger partial charge >= 0.3 is 0 Å². The second-order valence-corrected chi connectivity index (χ2v) is 2.29. The van der Waals surface area contributed by atoms with E-state index in [1.807, 2.05) is 6.92 Å². The molecule has 0 unspecified atom stereocenters. The molecule has 0 aromatic heterocycles. The van der Waals surface area contributed by atoms with Crippen molar-refractivity contribution in [2.24, 2.45) is 0 Å². The van der Waals surface area contributed by atoms with Crippen LogP contribution in [0, 0.1) is 0 Å². The van der Waals surface area contributed by atoms with Crippen molar-refractivity contribution < 1.29 is 4.79 Å². The standard InChI is InChI=1S/C6H13NOS/c1-3-4-7(2)6(8)5-9/h9H,3-5H2,1-2H3. The molecular weight excluding hydrogens is 134 g/mol. The van der Waals surface area contributed by atoms with E-state index in [4.69, 9.17) is 0 Å². The molecule has 0 saturated heterocycles. The van der Waals surface area contributed by atoms with Gasteiger partial charge in [0.05, 0.1) is 5.75 Å². The van der Waals surface area contributed by atoms with Gasteiger partial charge in [0, 0.05) is 13.6 Å². The number of nitrogens with zero attached hydrogens (tertiary/aromatic N) is 1. The fraction of sp³-hybridized carbons (Fsp3) is 0.833. The van der Waals surface area contributed by atoms with Gasteiger partial charge in [-0.1, -0.05) is 6.92 Å².